The van der Waals surface area contributed by atoms with E-state index in [-0.39, 0.29) is 4.91 Å². The Kier molecular flexibility index (Phi) is 3.86. The van der Waals surface area contributed by atoms with Gasteiger partial charge in [0.2, 0.25) is 0 Å². The van der Waals surface area contributed by atoms with Gasteiger partial charge in [-0.25, -0.2) is 4.79 Å². The lowest BCUT2D eigenvalue weighted by molar-refractivity contribution is -0.131. The molecule has 1 aromatic rings. The number of benzene rings is 1. The Morgan fingerprint density at radius 2 is 2.07 bits per heavy atom. The third-order valence-corrected chi connectivity index (χ3v) is 2.37. The van der Waals surface area contributed by atoms with Crippen LogP contribution in [0.5, 0.6) is 0 Å². The normalized spacial score (nSPS) is 11.5. The Morgan fingerprint density at radius 3 is 2.64 bits per heavy atom. The van der Waals surface area contributed by atoms with Gasteiger partial charge in [-0.15, -0.1) is 12.6 Å². The molecule has 1 N–H and O–H groups in total. The van der Waals surface area contributed by atoms with Crippen LogP contribution in [0.1, 0.15) is 5.56 Å². The lowest BCUT2D eigenvalue weighted by Crippen LogP contribution is -1.93. The smallest absolute Gasteiger partial charge is 0.341 e. The summed E-state index contributed by atoms with van der Waals surface area (Å²) in [6, 6.07) is 4.79. The molecule has 0 unspecified atom stereocenters. The van der Waals surface area contributed by atoms with Crippen LogP contribution in [-0.4, -0.2) is 11.1 Å². The van der Waals surface area contributed by atoms with Crippen LogP contribution in [0.25, 0.3) is 6.08 Å². The average Bonchev–Trinajstić information content (AvgIpc) is 2.11. The summed E-state index contributed by atoms with van der Waals surface area (Å²) in [6.07, 6.45) is 1.35. The first-order chi connectivity index (χ1) is 6.50. The van der Waals surface area contributed by atoms with Crippen molar-refractivity contribution >= 4 is 47.9 Å². The minimum absolute atomic E-state index is 0.0887. The van der Waals surface area contributed by atoms with Crippen molar-refractivity contribution < 1.29 is 9.90 Å². The van der Waals surface area contributed by atoms with E-state index in [2.05, 4.69) is 12.6 Å². The van der Waals surface area contributed by atoms with Gasteiger partial charge in [0.05, 0.1) is 4.91 Å². The highest BCUT2D eigenvalue weighted by Gasteiger charge is 2.04. The summed E-state index contributed by atoms with van der Waals surface area (Å²) in [4.78, 5) is 10.4. The zero-order valence-corrected chi connectivity index (χ0v) is 9.27. The molecule has 0 spiro atoms. The molecule has 2 nitrogen and oxygen atoms in total. The Hall–Kier alpha value is -0.640. The number of rotatable bonds is 2. The molecule has 0 aliphatic carbocycles. The number of carboxylic acid groups (broad SMARTS) is 1. The molecule has 0 fully saturated rings. The van der Waals surface area contributed by atoms with Crippen LogP contribution in [-0.2, 0) is 4.79 Å². The quantitative estimate of drug-likeness (QED) is 0.623. The van der Waals surface area contributed by atoms with E-state index >= 15 is 0 Å². The minimum Gasteiger partial charge on any atom is -0.477 e. The van der Waals surface area contributed by atoms with Gasteiger partial charge in [0.1, 0.15) is 0 Å². The van der Waals surface area contributed by atoms with Gasteiger partial charge in [-0.1, -0.05) is 23.2 Å². The molecule has 0 aliphatic rings. The number of hydrogen-bond acceptors (Lipinski definition) is 2. The molecular weight excluding hydrogens is 243 g/mol. The Labute approximate surface area is 96.6 Å². The van der Waals surface area contributed by atoms with E-state index in [9.17, 15) is 4.79 Å². The van der Waals surface area contributed by atoms with Gasteiger partial charge >= 0.3 is 5.97 Å². The standard InChI is InChI=1S/C9H6Cl2O2S/c10-6-1-2-7(11)5(3-6)4-8(14)9(12)13/h1-4,14H,(H,12,13)/b8-4-. The zero-order chi connectivity index (χ0) is 10.7. The predicted octanol–water partition coefficient (Wildman–Crippen LogP) is 3.35. The second kappa shape index (κ2) is 4.73. The summed E-state index contributed by atoms with van der Waals surface area (Å²) >= 11 is 15.3. The van der Waals surface area contributed by atoms with Crippen LogP contribution in [0, 0.1) is 0 Å². The highest BCUT2D eigenvalue weighted by atomic mass is 35.5. The molecule has 0 atom stereocenters. The number of hydrogen-bond donors (Lipinski definition) is 2. The van der Waals surface area contributed by atoms with E-state index in [1.54, 1.807) is 18.2 Å². The molecule has 14 heavy (non-hydrogen) atoms. The molecule has 1 aromatic carbocycles. The molecule has 0 bridgehead atoms. The number of carboxylic acids is 1. The van der Waals surface area contributed by atoms with Crippen molar-refractivity contribution in [3.8, 4) is 0 Å². The molecular formula is C9H6Cl2O2S. The third kappa shape index (κ3) is 2.94. The summed E-state index contributed by atoms with van der Waals surface area (Å²) in [5.41, 5.74) is 0.534. The van der Waals surface area contributed by atoms with Crippen molar-refractivity contribution in [2.75, 3.05) is 0 Å². The van der Waals surface area contributed by atoms with Crippen LogP contribution in [0.3, 0.4) is 0 Å². The van der Waals surface area contributed by atoms with Crippen LogP contribution < -0.4 is 0 Å². The van der Waals surface area contributed by atoms with Crippen molar-refractivity contribution in [1.29, 1.82) is 0 Å². The van der Waals surface area contributed by atoms with Gasteiger partial charge in [0.25, 0.3) is 0 Å². The van der Waals surface area contributed by atoms with Crippen molar-refractivity contribution in [3.63, 3.8) is 0 Å². The number of halogens is 2. The van der Waals surface area contributed by atoms with E-state index in [1.807, 2.05) is 0 Å². The van der Waals surface area contributed by atoms with Gasteiger partial charge in [-0.3, -0.25) is 0 Å². The highest BCUT2D eigenvalue weighted by molar-refractivity contribution is 7.85. The van der Waals surface area contributed by atoms with Crippen LogP contribution in [0.15, 0.2) is 23.1 Å². The number of carbonyl (C=O) groups is 1. The van der Waals surface area contributed by atoms with Gasteiger partial charge < -0.3 is 5.11 Å². The van der Waals surface area contributed by atoms with E-state index in [4.69, 9.17) is 28.3 Å². The van der Waals surface area contributed by atoms with Gasteiger partial charge in [0.15, 0.2) is 0 Å². The topological polar surface area (TPSA) is 37.3 Å². The molecule has 0 aliphatic heterocycles. The molecule has 0 aromatic heterocycles. The molecule has 1 rings (SSSR count). The molecule has 74 valence electrons. The van der Waals surface area contributed by atoms with Gasteiger partial charge in [-0.05, 0) is 29.8 Å². The summed E-state index contributed by atoms with van der Waals surface area (Å²) in [5.74, 6) is -1.11. The lowest BCUT2D eigenvalue weighted by Gasteiger charge is -1.99. The second-order valence-electron chi connectivity index (χ2n) is 2.50. The maximum atomic E-state index is 10.5. The molecule has 0 saturated carbocycles. The third-order valence-electron chi connectivity index (χ3n) is 1.47. The zero-order valence-electron chi connectivity index (χ0n) is 6.87. The Bertz CT molecular complexity index is 402. The fraction of sp³-hybridized carbons (Fsp3) is 0. The first-order valence-corrected chi connectivity index (χ1v) is 4.80. The van der Waals surface area contributed by atoms with Gasteiger partial charge in [-0.2, -0.15) is 0 Å². The second-order valence-corrected chi connectivity index (χ2v) is 3.83. The molecule has 0 heterocycles. The predicted molar refractivity (Wildman–Crippen MR) is 61.1 cm³/mol. The molecule has 5 heteroatoms. The van der Waals surface area contributed by atoms with Gasteiger partial charge in [0, 0.05) is 10.0 Å². The van der Waals surface area contributed by atoms with Crippen molar-refractivity contribution in [3.05, 3.63) is 38.7 Å². The maximum absolute atomic E-state index is 10.5. The number of thiol groups is 1. The van der Waals surface area contributed by atoms with Crippen LogP contribution in [0.4, 0.5) is 0 Å². The van der Waals surface area contributed by atoms with Crippen molar-refractivity contribution in [1.82, 2.24) is 0 Å². The van der Waals surface area contributed by atoms with E-state index < -0.39 is 5.97 Å². The van der Waals surface area contributed by atoms with E-state index in [1.165, 1.54) is 6.08 Å². The van der Waals surface area contributed by atoms with Crippen molar-refractivity contribution in [2.24, 2.45) is 0 Å². The van der Waals surface area contributed by atoms with E-state index in [0.717, 1.165) is 0 Å². The molecule has 0 radical (unpaired) electrons. The van der Waals surface area contributed by atoms with Crippen LogP contribution >= 0.6 is 35.8 Å². The molecule has 0 saturated heterocycles. The largest absolute Gasteiger partial charge is 0.477 e. The monoisotopic (exact) mass is 248 g/mol. The Balaban J connectivity index is 3.13. The van der Waals surface area contributed by atoms with E-state index in [0.29, 0.717) is 15.6 Å². The summed E-state index contributed by atoms with van der Waals surface area (Å²) in [6.45, 7) is 0. The fourth-order valence-electron chi connectivity index (χ4n) is 0.834. The number of aliphatic carboxylic acids is 1. The first-order valence-electron chi connectivity index (χ1n) is 3.59. The fourth-order valence-corrected chi connectivity index (χ4v) is 1.33. The summed E-state index contributed by atoms with van der Waals surface area (Å²) < 4.78 is 0. The summed E-state index contributed by atoms with van der Waals surface area (Å²) in [7, 11) is 0. The van der Waals surface area contributed by atoms with Crippen LogP contribution in [0.2, 0.25) is 10.0 Å². The SMILES string of the molecule is O=C(O)/C(S)=C/c1cc(Cl)ccc1Cl. The first kappa shape index (κ1) is 11.4. The minimum atomic E-state index is -1.11. The van der Waals surface area contributed by atoms with Crippen molar-refractivity contribution in [2.45, 2.75) is 0 Å². The summed E-state index contributed by atoms with van der Waals surface area (Å²) in [5, 5.41) is 9.51. The maximum Gasteiger partial charge on any atom is 0.341 e. The Morgan fingerprint density at radius 1 is 1.43 bits per heavy atom. The highest BCUT2D eigenvalue weighted by Crippen LogP contribution is 2.23. The average molecular weight is 249 g/mol. The molecule has 0 amide bonds. The lowest BCUT2D eigenvalue weighted by atomic mass is 10.2.